The molecule has 0 saturated heterocycles. The highest BCUT2D eigenvalue weighted by Gasteiger charge is 2.15. The molecule has 0 aromatic heterocycles. The van der Waals surface area contributed by atoms with E-state index < -0.39 is 9.84 Å². The van der Waals surface area contributed by atoms with Gasteiger partial charge in [-0.05, 0) is 19.2 Å². The third kappa shape index (κ3) is 5.16. The van der Waals surface area contributed by atoms with Crippen molar-refractivity contribution in [3.8, 4) is 0 Å². The molecular weight excluding hydrogens is 296 g/mol. The van der Waals surface area contributed by atoms with Gasteiger partial charge >= 0.3 is 0 Å². The highest BCUT2D eigenvalue weighted by atomic mass is 32.2. The van der Waals surface area contributed by atoms with Crippen molar-refractivity contribution in [3.05, 3.63) is 29.8 Å². The Morgan fingerprint density at radius 3 is 2.40 bits per heavy atom. The molecule has 0 saturated carbocycles. The first kappa shape index (κ1) is 17.0. The summed E-state index contributed by atoms with van der Waals surface area (Å²) in [7, 11) is 0.195. The zero-order valence-electron chi connectivity index (χ0n) is 11.7. The van der Waals surface area contributed by atoms with E-state index in [0.29, 0.717) is 25.3 Å². The number of nitrogens with zero attached hydrogens (tertiary/aromatic N) is 1. The minimum Gasteiger partial charge on any atom is -0.389 e. The number of thiocarbonyl (C=S) groups is 1. The second-order valence-electron chi connectivity index (χ2n) is 4.50. The van der Waals surface area contributed by atoms with Crippen LogP contribution in [0.1, 0.15) is 5.56 Å². The van der Waals surface area contributed by atoms with Crippen molar-refractivity contribution >= 4 is 27.0 Å². The van der Waals surface area contributed by atoms with Crippen molar-refractivity contribution in [1.29, 1.82) is 0 Å². The first-order chi connectivity index (χ1) is 9.36. The molecule has 5 nitrogen and oxygen atoms in total. The fraction of sp³-hybridized carbons (Fsp3) is 0.462. The summed E-state index contributed by atoms with van der Waals surface area (Å²) in [6.07, 6.45) is 0. The number of methoxy groups -OCH3 is 1. The quantitative estimate of drug-likeness (QED) is 0.711. The number of rotatable bonds is 8. The van der Waals surface area contributed by atoms with Crippen LogP contribution in [0.5, 0.6) is 0 Å². The van der Waals surface area contributed by atoms with E-state index >= 15 is 0 Å². The highest BCUT2D eigenvalue weighted by molar-refractivity contribution is 7.91. The van der Waals surface area contributed by atoms with Gasteiger partial charge in [0.05, 0.1) is 17.3 Å². The summed E-state index contributed by atoms with van der Waals surface area (Å²) < 4.78 is 29.3. The van der Waals surface area contributed by atoms with Crippen LogP contribution in [-0.4, -0.2) is 57.9 Å². The molecule has 0 radical (unpaired) electrons. The Labute approximate surface area is 125 Å². The summed E-state index contributed by atoms with van der Waals surface area (Å²) in [6, 6.07) is 6.34. The summed E-state index contributed by atoms with van der Waals surface area (Å²) in [6.45, 7) is 1.74. The molecule has 1 aromatic rings. The van der Waals surface area contributed by atoms with Crippen LogP contribution in [0, 0.1) is 0 Å². The molecule has 2 N–H and O–H groups in total. The summed E-state index contributed by atoms with van der Waals surface area (Å²) in [5.41, 5.74) is 6.14. The lowest BCUT2D eigenvalue weighted by molar-refractivity contribution is 0.164. The van der Waals surface area contributed by atoms with Crippen LogP contribution in [0.15, 0.2) is 29.2 Å². The molecule has 0 bridgehead atoms. The van der Waals surface area contributed by atoms with Crippen LogP contribution in [0.25, 0.3) is 0 Å². The lowest BCUT2D eigenvalue weighted by Crippen LogP contribution is -2.28. The topological polar surface area (TPSA) is 72.6 Å². The molecule has 0 atom stereocenters. The van der Waals surface area contributed by atoms with Crippen molar-refractivity contribution < 1.29 is 13.2 Å². The molecule has 7 heteroatoms. The van der Waals surface area contributed by atoms with Gasteiger partial charge in [0.25, 0.3) is 0 Å². The standard InChI is InChI=1S/C13H20N2O3S2/c1-15(7-9-18-2)8-10-20(16,17)12-5-3-11(4-6-12)13(14)19/h3-6H,7-10H2,1-2H3,(H2,14,19). The first-order valence-electron chi connectivity index (χ1n) is 6.17. The third-order valence-electron chi connectivity index (χ3n) is 2.92. The van der Waals surface area contributed by atoms with E-state index in [1.54, 1.807) is 31.4 Å². The van der Waals surface area contributed by atoms with Gasteiger partial charge < -0.3 is 15.4 Å². The fourth-order valence-corrected chi connectivity index (χ4v) is 3.05. The van der Waals surface area contributed by atoms with Crippen molar-refractivity contribution in [2.24, 2.45) is 5.73 Å². The second kappa shape index (κ2) is 7.68. The summed E-state index contributed by atoms with van der Waals surface area (Å²) in [4.78, 5) is 2.47. The van der Waals surface area contributed by atoms with Gasteiger partial charge in [-0.3, -0.25) is 0 Å². The molecule has 0 heterocycles. The predicted molar refractivity (Wildman–Crippen MR) is 83.8 cm³/mol. The molecule has 1 aromatic carbocycles. The number of nitrogens with two attached hydrogens (primary N) is 1. The van der Waals surface area contributed by atoms with Gasteiger partial charge in [0, 0.05) is 25.8 Å². The molecule has 0 unspecified atom stereocenters. The number of hydrogen-bond acceptors (Lipinski definition) is 5. The molecule has 0 aliphatic heterocycles. The number of hydrogen-bond donors (Lipinski definition) is 1. The molecule has 0 amide bonds. The molecule has 0 spiro atoms. The van der Waals surface area contributed by atoms with Crippen LogP contribution in [0.3, 0.4) is 0 Å². The lowest BCUT2D eigenvalue weighted by Gasteiger charge is -2.15. The van der Waals surface area contributed by atoms with Crippen LogP contribution in [-0.2, 0) is 14.6 Å². The Morgan fingerprint density at radius 1 is 1.30 bits per heavy atom. The zero-order chi connectivity index (χ0) is 15.2. The molecule has 0 aliphatic rings. The van der Waals surface area contributed by atoms with Gasteiger partial charge in [-0.25, -0.2) is 8.42 Å². The Balaban J connectivity index is 2.66. The monoisotopic (exact) mass is 316 g/mol. The maximum Gasteiger partial charge on any atom is 0.179 e. The normalized spacial score (nSPS) is 11.8. The summed E-state index contributed by atoms with van der Waals surface area (Å²) in [5, 5.41) is 0. The number of sulfone groups is 1. The average molecular weight is 316 g/mol. The second-order valence-corrected chi connectivity index (χ2v) is 7.05. The summed E-state index contributed by atoms with van der Waals surface area (Å²) in [5.74, 6) is 0.0691. The molecular formula is C13H20N2O3S2. The SMILES string of the molecule is COCCN(C)CCS(=O)(=O)c1ccc(C(N)=S)cc1. The van der Waals surface area contributed by atoms with Crippen molar-refractivity contribution in [2.45, 2.75) is 4.90 Å². The molecule has 0 aliphatic carbocycles. The van der Waals surface area contributed by atoms with Gasteiger partial charge in [0.2, 0.25) is 0 Å². The van der Waals surface area contributed by atoms with Crippen LogP contribution >= 0.6 is 12.2 Å². The molecule has 112 valence electrons. The molecule has 1 rings (SSSR count). The zero-order valence-corrected chi connectivity index (χ0v) is 13.3. The van der Waals surface area contributed by atoms with E-state index in [1.165, 1.54) is 0 Å². The minimum atomic E-state index is -3.29. The van der Waals surface area contributed by atoms with Gasteiger partial charge in [0.1, 0.15) is 4.99 Å². The molecule has 0 fully saturated rings. The lowest BCUT2D eigenvalue weighted by atomic mass is 10.2. The summed E-state index contributed by atoms with van der Waals surface area (Å²) >= 11 is 4.83. The van der Waals surface area contributed by atoms with Crippen LogP contribution in [0.2, 0.25) is 0 Å². The van der Waals surface area contributed by atoms with E-state index in [2.05, 4.69) is 0 Å². The predicted octanol–water partition coefficient (Wildman–Crippen LogP) is 0.673. The third-order valence-corrected chi connectivity index (χ3v) is 4.86. The smallest absolute Gasteiger partial charge is 0.179 e. The average Bonchev–Trinajstić information content (AvgIpc) is 2.43. The largest absolute Gasteiger partial charge is 0.389 e. The van der Waals surface area contributed by atoms with Crippen LogP contribution in [0.4, 0.5) is 0 Å². The van der Waals surface area contributed by atoms with Crippen molar-refractivity contribution in [3.63, 3.8) is 0 Å². The van der Waals surface area contributed by atoms with Gasteiger partial charge in [-0.15, -0.1) is 0 Å². The fourth-order valence-electron chi connectivity index (χ4n) is 1.58. The number of benzene rings is 1. The number of ether oxygens (including phenoxy) is 1. The maximum absolute atomic E-state index is 12.2. The highest BCUT2D eigenvalue weighted by Crippen LogP contribution is 2.12. The Bertz CT molecular complexity index is 541. The Hall–Kier alpha value is -1.02. The van der Waals surface area contributed by atoms with E-state index in [1.807, 2.05) is 11.9 Å². The number of likely N-dealkylation sites (N-methyl/N-ethyl adjacent to an activating group) is 1. The Kier molecular flexibility index (Phi) is 6.54. The van der Waals surface area contributed by atoms with Gasteiger partial charge in [-0.1, -0.05) is 24.4 Å². The van der Waals surface area contributed by atoms with Crippen LogP contribution < -0.4 is 5.73 Å². The Morgan fingerprint density at radius 2 is 1.90 bits per heavy atom. The first-order valence-corrected chi connectivity index (χ1v) is 8.23. The molecule has 20 heavy (non-hydrogen) atoms. The van der Waals surface area contributed by atoms with Crippen molar-refractivity contribution in [1.82, 2.24) is 4.90 Å². The van der Waals surface area contributed by atoms with Crippen molar-refractivity contribution in [2.75, 3.05) is 39.6 Å². The van der Waals surface area contributed by atoms with E-state index in [4.69, 9.17) is 22.7 Å². The minimum absolute atomic E-state index is 0.0691. The van der Waals surface area contributed by atoms with E-state index in [9.17, 15) is 8.42 Å². The van der Waals surface area contributed by atoms with E-state index in [0.717, 1.165) is 0 Å². The van der Waals surface area contributed by atoms with E-state index in [-0.39, 0.29) is 15.6 Å². The maximum atomic E-state index is 12.2. The van der Waals surface area contributed by atoms with Gasteiger partial charge in [0.15, 0.2) is 9.84 Å². The van der Waals surface area contributed by atoms with Gasteiger partial charge in [-0.2, -0.15) is 0 Å².